The van der Waals surface area contributed by atoms with Crippen molar-refractivity contribution in [2.45, 2.75) is 38.5 Å². The minimum Gasteiger partial charge on any atom is -0.481 e. The van der Waals surface area contributed by atoms with Crippen LogP contribution in [0.15, 0.2) is 6.20 Å². The molecular formula is C11H14N2O2. The number of hydrogen-bond donors (Lipinski definition) is 1. The summed E-state index contributed by atoms with van der Waals surface area (Å²) >= 11 is 0. The molecule has 2 rings (SSSR count). The summed E-state index contributed by atoms with van der Waals surface area (Å²) in [6, 6.07) is 0. The maximum Gasteiger partial charge on any atom is 0.309 e. The third-order valence-electron chi connectivity index (χ3n) is 2.64. The number of aliphatic carboxylic acids is 1. The van der Waals surface area contributed by atoms with Crippen LogP contribution >= 0.6 is 0 Å². The standard InChI is InChI=1S/C11H14N2O2/c14-11(15)6-8-7-12-9-4-2-1-3-5-10(9)13-8/h7H,1-6H2,(H,14,15). The van der Waals surface area contributed by atoms with E-state index in [-0.39, 0.29) is 6.42 Å². The summed E-state index contributed by atoms with van der Waals surface area (Å²) in [4.78, 5) is 19.2. The van der Waals surface area contributed by atoms with Gasteiger partial charge in [-0.15, -0.1) is 0 Å². The van der Waals surface area contributed by atoms with Gasteiger partial charge in [-0.3, -0.25) is 14.8 Å². The van der Waals surface area contributed by atoms with Crippen LogP contribution in [0.1, 0.15) is 36.3 Å². The van der Waals surface area contributed by atoms with Gasteiger partial charge in [0.25, 0.3) is 0 Å². The number of carbonyl (C=O) groups is 1. The van der Waals surface area contributed by atoms with Crippen molar-refractivity contribution in [3.05, 3.63) is 23.3 Å². The molecule has 1 aromatic heterocycles. The second-order valence-electron chi connectivity index (χ2n) is 3.89. The van der Waals surface area contributed by atoms with Gasteiger partial charge in [-0.1, -0.05) is 6.42 Å². The van der Waals surface area contributed by atoms with E-state index in [1.54, 1.807) is 6.20 Å². The first kappa shape index (κ1) is 10.1. The van der Waals surface area contributed by atoms with E-state index < -0.39 is 5.97 Å². The molecule has 1 aliphatic carbocycles. The van der Waals surface area contributed by atoms with E-state index in [4.69, 9.17) is 5.11 Å². The molecule has 4 heteroatoms. The normalized spacial score (nSPS) is 15.5. The van der Waals surface area contributed by atoms with Crippen molar-refractivity contribution in [3.8, 4) is 0 Å². The molecule has 0 amide bonds. The van der Waals surface area contributed by atoms with Crippen LogP contribution in [0.2, 0.25) is 0 Å². The highest BCUT2D eigenvalue weighted by Gasteiger charge is 2.12. The van der Waals surface area contributed by atoms with E-state index in [1.165, 1.54) is 12.8 Å². The lowest BCUT2D eigenvalue weighted by Crippen LogP contribution is -2.07. The van der Waals surface area contributed by atoms with Crippen LogP contribution in [0.25, 0.3) is 0 Å². The second kappa shape index (κ2) is 4.38. The van der Waals surface area contributed by atoms with Gasteiger partial charge in [-0.2, -0.15) is 0 Å². The maximum absolute atomic E-state index is 10.5. The first-order chi connectivity index (χ1) is 7.25. The summed E-state index contributed by atoms with van der Waals surface area (Å²) in [6.45, 7) is 0. The van der Waals surface area contributed by atoms with Gasteiger partial charge in [0.2, 0.25) is 0 Å². The second-order valence-corrected chi connectivity index (χ2v) is 3.89. The topological polar surface area (TPSA) is 63.1 Å². The van der Waals surface area contributed by atoms with Crippen LogP contribution in [0.3, 0.4) is 0 Å². The van der Waals surface area contributed by atoms with Crippen LogP contribution in [-0.4, -0.2) is 21.0 Å². The third kappa shape index (κ3) is 2.52. The number of aromatic nitrogens is 2. The quantitative estimate of drug-likeness (QED) is 0.742. The minimum absolute atomic E-state index is 0.0275. The lowest BCUT2D eigenvalue weighted by Gasteiger charge is -2.04. The molecule has 0 atom stereocenters. The van der Waals surface area contributed by atoms with Gasteiger partial charge in [0.05, 0.1) is 23.5 Å². The van der Waals surface area contributed by atoms with Crippen molar-refractivity contribution >= 4 is 5.97 Å². The van der Waals surface area contributed by atoms with Gasteiger partial charge >= 0.3 is 5.97 Å². The summed E-state index contributed by atoms with van der Waals surface area (Å²) in [7, 11) is 0. The predicted octanol–water partition coefficient (Wildman–Crippen LogP) is 1.37. The van der Waals surface area contributed by atoms with Crippen molar-refractivity contribution in [2.24, 2.45) is 0 Å². The van der Waals surface area contributed by atoms with E-state index in [2.05, 4.69) is 9.97 Å². The van der Waals surface area contributed by atoms with Crippen molar-refractivity contribution in [3.63, 3.8) is 0 Å². The number of rotatable bonds is 2. The molecule has 0 saturated carbocycles. The van der Waals surface area contributed by atoms with Gasteiger partial charge in [0.1, 0.15) is 0 Å². The highest BCUT2D eigenvalue weighted by Crippen LogP contribution is 2.17. The summed E-state index contributed by atoms with van der Waals surface area (Å²) in [5.41, 5.74) is 2.64. The smallest absolute Gasteiger partial charge is 0.309 e. The first-order valence-electron chi connectivity index (χ1n) is 5.31. The zero-order chi connectivity index (χ0) is 10.7. The Balaban J connectivity index is 2.23. The third-order valence-corrected chi connectivity index (χ3v) is 2.64. The molecule has 0 unspecified atom stereocenters. The van der Waals surface area contributed by atoms with Crippen LogP contribution < -0.4 is 0 Å². The molecule has 0 fully saturated rings. The summed E-state index contributed by atoms with van der Waals surface area (Å²) in [6.07, 6.45) is 7.01. The van der Waals surface area contributed by atoms with Crippen LogP contribution in [-0.2, 0) is 24.1 Å². The predicted molar refractivity (Wildman–Crippen MR) is 54.6 cm³/mol. The number of nitrogens with zero attached hydrogens (tertiary/aromatic N) is 2. The molecule has 0 saturated heterocycles. The van der Waals surface area contributed by atoms with E-state index in [1.807, 2.05) is 0 Å². The van der Waals surface area contributed by atoms with E-state index in [0.717, 1.165) is 30.7 Å². The highest BCUT2D eigenvalue weighted by atomic mass is 16.4. The Kier molecular flexibility index (Phi) is 2.94. The Morgan fingerprint density at radius 1 is 1.27 bits per heavy atom. The summed E-state index contributed by atoms with van der Waals surface area (Å²) in [5.74, 6) is -0.849. The molecule has 0 bridgehead atoms. The molecule has 80 valence electrons. The largest absolute Gasteiger partial charge is 0.481 e. The van der Waals surface area contributed by atoms with E-state index in [9.17, 15) is 4.79 Å². The number of fused-ring (bicyclic) bond motifs is 1. The van der Waals surface area contributed by atoms with E-state index >= 15 is 0 Å². The zero-order valence-electron chi connectivity index (χ0n) is 8.57. The van der Waals surface area contributed by atoms with E-state index in [0.29, 0.717) is 5.69 Å². The van der Waals surface area contributed by atoms with Crippen molar-refractivity contribution in [1.82, 2.24) is 9.97 Å². The lowest BCUT2D eigenvalue weighted by atomic mass is 10.2. The fourth-order valence-corrected chi connectivity index (χ4v) is 1.90. The zero-order valence-corrected chi connectivity index (χ0v) is 8.57. The first-order valence-corrected chi connectivity index (χ1v) is 5.31. The number of hydrogen-bond acceptors (Lipinski definition) is 3. The Bertz CT molecular complexity index is 377. The summed E-state index contributed by atoms with van der Waals surface area (Å²) < 4.78 is 0. The maximum atomic E-state index is 10.5. The Hall–Kier alpha value is -1.45. The number of aryl methyl sites for hydroxylation is 2. The van der Waals surface area contributed by atoms with Crippen molar-refractivity contribution in [2.75, 3.05) is 0 Å². The van der Waals surface area contributed by atoms with Crippen molar-refractivity contribution < 1.29 is 9.90 Å². The molecule has 1 aliphatic rings. The SMILES string of the molecule is O=C(O)Cc1cnc2c(n1)CCCCC2. The van der Waals surface area contributed by atoms with Gasteiger partial charge in [0, 0.05) is 6.20 Å². The fourth-order valence-electron chi connectivity index (χ4n) is 1.90. The molecule has 15 heavy (non-hydrogen) atoms. The highest BCUT2D eigenvalue weighted by molar-refractivity contribution is 5.69. The Morgan fingerprint density at radius 2 is 2.00 bits per heavy atom. The fraction of sp³-hybridized carbons (Fsp3) is 0.545. The molecule has 0 spiro atoms. The van der Waals surface area contributed by atoms with Crippen LogP contribution in [0.4, 0.5) is 0 Å². The molecule has 1 N–H and O–H groups in total. The van der Waals surface area contributed by atoms with Gasteiger partial charge < -0.3 is 5.11 Å². The number of carboxylic acids is 1. The molecular weight excluding hydrogens is 192 g/mol. The summed E-state index contributed by atoms with van der Waals surface area (Å²) in [5, 5.41) is 8.66. The molecule has 1 heterocycles. The average molecular weight is 206 g/mol. The monoisotopic (exact) mass is 206 g/mol. The molecule has 0 aliphatic heterocycles. The molecule has 0 radical (unpaired) electrons. The molecule has 1 aromatic rings. The Morgan fingerprint density at radius 3 is 2.73 bits per heavy atom. The van der Waals surface area contributed by atoms with Crippen LogP contribution in [0.5, 0.6) is 0 Å². The number of carboxylic acid groups (broad SMARTS) is 1. The lowest BCUT2D eigenvalue weighted by molar-refractivity contribution is -0.136. The van der Waals surface area contributed by atoms with Gasteiger partial charge in [-0.05, 0) is 25.7 Å². The molecule has 4 nitrogen and oxygen atoms in total. The Labute approximate surface area is 88.4 Å². The van der Waals surface area contributed by atoms with Gasteiger partial charge in [0.15, 0.2) is 0 Å². The van der Waals surface area contributed by atoms with Gasteiger partial charge in [-0.25, -0.2) is 0 Å². The van der Waals surface area contributed by atoms with Crippen LogP contribution in [0, 0.1) is 0 Å². The minimum atomic E-state index is -0.849. The van der Waals surface area contributed by atoms with Crippen molar-refractivity contribution in [1.29, 1.82) is 0 Å². The average Bonchev–Trinajstić information content (AvgIpc) is 2.41. The molecule has 0 aromatic carbocycles.